The molecule has 1 aliphatic rings. The van der Waals surface area contributed by atoms with Crippen molar-refractivity contribution >= 4 is 11.7 Å². The van der Waals surface area contributed by atoms with Crippen LogP contribution in [0, 0.1) is 0 Å². The molecule has 1 amide bonds. The number of carbonyl (C=O) groups excluding carboxylic acids is 1. The first-order chi connectivity index (χ1) is 15.0. The third-order valence-electron chi connectivity index (χ3n) is 5.45. The number of hydrogen-bond donors (Lipinski definition) is 1. The maximum absolute atomic E-state index is 11.2. The highest BCUT2D eigenvalue weighted by molar-refractivity contribution is 5.93. The minimum absolute atomic E-state index is 0.0699. The van der Waals surface area contributed by atoms with Crippen molar-refractivity contribution in [1.82, 2.24) is 14.9 Å². The van der Waals surface area contributed by atoms with Gasteiger partial charge in [0.05, 0.1) is 12.3 Å². The number of nitrogens with two attached hydrogens (primary N) is 1. The predicted molar refractivity (Wildman–Crippen MR) is 121 cm³/mol. The molecule has 7 nitrogen and oxygen atoms in total. The van der Waals surface area contributed by atoms with Crippen LogP contribution >= 0.6 is 0 Å². The van der Waals surface area contributed by atoms with Gasteiger partial charge in [-0.05, 0) is 29.8 Å². The van der Waals surface area contributed by atoms with Crippen molar-refractivity contribution in [3.8, 4) is 11.1 Å². The normalized spacial score (nSPS) is 16.8. The van der Waals surface area contributed by atoms with Crippen LogP contribution in [0.5, 0.6) is 0 Å². The number of carbonyl (C=O) groups is 1. The first-order valence-electron chi connectivity index (χ1n) is 10.3. The highest BCUT2D eigenvalue weighted by atomic mass is 16.5. The van der Waals surface area contributed by atoms with Crippen LogP contribution in [-0.2, 0) is 11.3 Å². The molecule has 1 fully saturated rings. The monoisotopic (exact) mass is 417 g/mol. The molecule has 2 aromatic heterocycles. The second-order valence-electron chi connectivity index (χ2n) is 7.89. The topological polar surface area (TPSA) is 84.6 Å². The van der Waals surface area contributed by atoms with E-state index in [-0.39, 0.29) is 6.10 Å². The molecule has 1 aromatic carbocycles. The van der Waals surface area contributed by atoms with E-state index in [1.807, 2.05) is 61.7 Å². The average molecular weight is 418 g/mol. The molecule has 0 unspecified atom stereocenters. The number of aromatic nitrogens is 2. The fraction of sp³-hybridized carbons (Fsp3) is 0.292. The minimum Gasteiger partial charge on any atom is -0.369 e. The number of nitrogens with zero attached hydrogens (tertiary/aromatic N) is 4. The third-order valence-corrected chi connectivity index (χ3v) is 5.45. The maximum Gasteiger partial charge on any atom is 0.248 e. The summed E-state index contributed by atoms with van der Waals surface area (Å²) in [6, 6.07) is 15.4. The molecule has 0 radical (unpaired) electrons. The van der Waals surface area contributed by atoms with Crippen LogP contribution < -0.4 is 10.6 Å². The number of benzene rings is 1. The van der Waals surface area contributed by atoms with Gasteiger partial charge in [-0.2, -0.15) is 0 Å². The molecule has 160 valence electrons. The van der Waals surface area contributed by atoms with Crippen LogP contribution in [0.15, 0.2) is 60.9 Å². The first kappa shape index (κ1) is 21.0. The summed E-state index contributed by atoms with van der Waals surface area (Å²) in [7, 11) is 4.03. The van der Waals surface area contributed by atoms with Crippen LogP contribution in [0.4, 0.5) is 5.82 Å². The van der Waals surface area contributed by atoms with Gasteiger partial charge in [0.2, 0.25) is 5.91 Å². The highest BCUT2D eigenvalue weighted by Crippen LogP contribution is 2.26. The SMILES string of the molecule is CN(C)c1ncccc1CN1CCO[C@H](c2ccc(-c3ccc(C(N)=O)cc3)cn2)C1. The molecule has 1 atom stereocenters. The quantitative estimate of drug-likeness (QED) is 0.664. The zero-order valence-corrected chi connectivity index (χ0v) is 17.9. The Morgan fingerprint density at radius 2 is 1.90 bits per heavy atom. The van der Waals surface area contributed by atoms with E-state index in [0.29, 0.717) is 12.2 Å². The van der Waals surface area contributed by atoms with Gasteiger partial charge in [-0.25, -0.2) is 4.98 Å². The largest absolute Gasteiger partial charge is 0.369 e. The van der Waals surface area contributed by atoms with Crippen molar-refractivity contribution in [3.63, 3.8) is 0 Å². The Balaban J connectivity index is 1.44. The summed E-state index contributed by atoms with van der Waals surface area (Å²) in [5, 5.41) is 0. The molecule has 0 aliphatic carbocycles. The maximum atomic E-state index is 11.2. The molecule has 0 spiro atoms. The van der Waals surface area contributed by atoms with Crippen LogP contribution in [0.3, 0.4) is 0 Å². The summed E-state index contributed by atoms with van der Waals surface area (Å²) in [4.78, 5) is 24.8. The molecule has 4 rings (SSSR count). The Kier molecular flexibility index (Phi) is 6.25. The van der Waals surface area contributed by atoms with Gasteiger partial charge in [0, 0.05) is 62.8 Å². The first-order valence-corrected chi connectivity index (χ1v) is 10.3. The molecule has 31 heavy (non-hydrogen) atoms. The lowest BCUT2D eigenvalue weighted by atomic mass is 10.0. The Morgan fingerprint density at radius 3 is 2.58 bits per heavy atom. The summed E-state index contributed by atoms with van der Waals surface area (Å²) in [5.41, 5.74) is 9.90. The Labute approximate surface area is 182 Å². The van der Waals surface area contributed by atoms with E-state index in [0.717, 1.165) is 42.3 Å². The summed E-state index contributed by atoms with van der Waals surface area (Å²) in [5.74, 6) is 0.568. The fourth-order valence-electron chi connectivity index (χ4n) is 3.82. The smallest absolute Gasteiger partial charge is 0.248 e. The molecule has 0 saturated carbocycles. The van der Waals surface area contributed by atoms with Crippen LogP contribution in [-0.4, -0.2) is 54.6 Å². The van der Waals surface area contributed by atoms with E-state index < -0.39 is 5.91 Å². The lowest BCUT2D eigenvalue weighted by molar-refractivity contribution is -0.0349. The highest BCUT2D eigenvalue weighted by Gasteiger charge is 2.24. The molecule has 3 heterocycles. The zero-order chi connectivity index (χ0) is 21.8. The summed E-state index contributed by atoms with van der Waals surface area (Å²) < 4.78 is 6.02. The number of anilines is 1. The predicted octanol–water partition coefficient (Wildman–Crippen LogP) is 2.88. The van der Waals surface area contributed by atoms with Crippen LogP contribution in [0.2, 0.25) is 0 Å². The second-order valence-corrected chi connectivity index (χ2v) is 7.89. The average Bonchev–Trinajstić information content (AvgIpc) is 2.80. The van der Waals surface area contributed by atoms with Gasteiger partial charge in [-0.1, -0.05) is 24.3 Å². The van der Waals surface area contributed by atoms with Crippen molar-refractivity contribution in [2.45, 2.75) is 12.6 Å². The van der Waals surface area contributed by atoms with E-state index in [1.54, 1.807) is 12.1 Å². The summed E-state index contributed by atoms with van der Waals surface area (Å²) in [6.07, 6.45) is 3.61. The molecular formula is C24H27N5O2. The van der Waals surface area contributed by atoms with Gasteiger partial charge in [0.25, 0.3) is 0 Å². The molecule has 1 aliphatic heterocycles. The van der Waals surface area contributed by atoms with Gasteiger partial charge in [0.15, 0.2) is 0 Å². The number of amides is 1. The second kappa shape index (κ2) is 9.24. The standard InChI is InChI=1S/C24H27N5O2/c1-28(2)24-20(4-3-11-26-24)15-29-12-13-31-22(16-29)21-10-9-19(14-27-21)17-5-7-18(8-6-17)23(25)30/h3-11,14,22H,12-13,15-16H2,1-2H3,(H2,25,30)/t22-/m0/s1. The van der Waals surface area contributed by atoms with E-state index >= 15 is 0 Å². The van der Waals surface area contributed by atoms with Crippen molar-refractivity contribution in [1.29, 1.82) is 0 Å². The molecule has 1 saturated heterocycles. The van der Waals surface area contributed by atoms with Gasteiger partial charge >= 0.3 is 0 Å². The minimum atomic E-state index is -0.428. The molecular weight excluding hydrogens is 390 g/mol. The number of primary amides is 1. The summed E-state index contributed by atoms with van der Waals surface area (Å²) in [6.45, 7) is 3.15. The number of pyridine rings is 2. The van der Waals surface area contributed by atoms with Gasteiger partial charge in [-0.15, -0.1) is 0 Å². The van der Waals surface area contributed by atoms with Crippen molar-refractivity contribution in [3.05, 3.63) is 77.7 Å². The van der Waals surface area contributed by atoms with E-state index in [2.05, 4.69) is 20.9 Å². The lowest BCUT2D eigenvalue weighted by Gasteiger charge is -2.33. The van der Waals surface area contributed by atoms with E-state index in [1.165, 1.54) is 5.56 Å². The van der Waals surface area contributed by atoms with Crippen molar-refractivity contribution < 1.29 is 9.53 Å². The Morgan fingerprint density at radius 1 is 1.13 bits per heavy atom. The third kappa shape index (κ3) is 4.90. The fourth-order valence-corrected chi connectivity index (χ4v) is 3.82. The molecule has 0 bridgehead atoms. The number of ether oxygens (including phenoxy) is 1. The number of rotatable bonds is 6. The van der Waals surface area contributed by atoms with Gasteiger partial charge in [-0.3, -0.25) is 14.7 Å². The van der Waals surface area contributed by atoms with E-state index in [9.17, 15) is 4.79 Å². The molecule has 7 heteroatoms. The van der Waals surface area contributed by atoms with Gasteiger partial charge < -0.3 is 15.4 Å². The van der Waals surface area contributed by atoms with Crippen LogP contribution in [0.1, 0.15) is 27.7 Å². The van der Waals surface area contributed by atoms with Crippen LogP contribution in [0.25, 0.3) is 11.1 Å². The summed E-state index contributed by atoms with van der Waals surface area (Å²) >= 11 is 0. The zero-order valence-electron chi connectivity index (χ0n) is 17.9. The number of hydrogen-bond acceptors (Lipinski definition) is 6. The van der Waals surface area contributed by atoms with Gasteiger partial charge in [0.1, 0.15) is 11.9 Å². The number of morpholine rings is 1. The molecule has 2 N–H and O–H groups in total. The van der Waals surface area contributed by atoms with Crippen molar-refractivity contribution in [2.24, 2.45) is 5.73 Å². The molecule has 3 aromatic rings. The van der Waals surface area contributed by atoms with E-state index in [4.69, 9.17) is 10.5 Å². The lowest BCUT2D eigenvalue weighted by Crippen LogP contribution is -2.38. The van der Waals surface area contributed by atoms with Crippen molar-refractivity contribution in [2.75, 3.05) is 38.7 Å². The Hall–Kier alpha value is -3.29. The Bertz CT molecular complexity index is 1030.